The molecule has 10 aromatic rings. The Kier molecular flexibility index (Phi) is 7.11. The number of benzene rings is 8. The number of thiophene rings is 1. The molecule has 2 aromatic heterocycles. The van der Waals surface area contributed by atoms with Gasteiger partial charge in [0.05, 0.1) is 21.6 Å². The molecule has 3 heteroatoms. The fourth-order valence-electron chi connectivity index (χ4n) is 8.99. The third-order valence-electron chi connectivity index (χ3n) is 11.6. The van der Waals surface area contributed by atoms with Gasteiger partial charge >= 0.3 is 0 Å². The summed E-state index contributed by atoms with van der Waals surface area (Å²) in [5.74, 6) is 0. The van der Waals surface area contributed by atoms with E-state index in [4.69, 9.17) is 4.98 Å². The maximum absolute atomic E-state index is 5.41. The van der Waals surface area contributed by atoms with E-state index in [2.05, 4.69) is 201 Å². The Balaban J connectivity index is 1.25. The number of fused-ring (bicyclic) bond motifs is 10. The van der Waals surface area contributed by atoms with Crippen LogP contribution in [0.15, 0.2) is 182 Å². The molecule has 0 aliphatic heterocycles. The van der Waals surface area contributed by atoms with Crippen molar-refractivity contribution in [3.8, 4) is 33.5 Å². The molecule has 2 nitrogen and oxygen atoms in total. The van der Waals surface area contributed by atoms with E-state index in [9.17, 15) is 0 Å². The van der Waals surface area contributed by atoms with Crippen LogP contribution >= 0.6 is 11.3 Å². The molecular weight excluding hydrogens is 685 g/mol. The minimum Gasteiger partial charge on any atom is -0.309 e. The van der Waals surface area contributed by atoms with E-state index in [1.165, 1.54) is 64.3 Å². The third-order valence-corrected chi connectivity index (χ3v) is 12.8. The summed E-state index contributed by atoms with van der Waals surface area (Å²) in [6.45, 7) is 4.73. The summed E-state index contributed by atoms with van der Waals surface area (Å²) in [6, 6.07) is 66.4. The zero-order valence-corrected chi connectivity index (χ0v) is 31.4. The Bertz CT molecular complexity index is 3110. The van der Waals surface area contributed by atoms with Crippen molar-refractivity contribution >= 4 is 70.2 Å². The smallest absolute Gasteiger partial charge is 0.0789 e. The van der Waals surface area contributed by atoms with Gasteiger partial charge in [0.25, 0.3) is 0 Å². The fraction of sp³-hybridized carbons (Fsp3) is 0.0577. The number of hydrogen-bond acceptors (Lipinski definition) is 3. The van der Waals surface area contributed by atoms with Gasteiger partial charge in [0, 0.05) is 54.0 Å². The van der Waals surface area contributed by atoms with Crippen molar-refractivity contribution in [2.24, 2.45) is 0 Å². The van der Waals surface area contributed by atoms with Gasteiger partial charge in [-0.15, -0.1) is 11.3 Å². The van der Waals surface area contributed by atoms with E-state index < -0.39 is 0 Å². The van der Waals surface area contributed by atoms with Crippen molar-refractivity contribution in [1.29, 1.82) is 0 Å². The van der Waals surface area contributed by atoms with Crippen molar-refractivity contribution in [3.63, 3.8) is 0 Å². The summed E-state index contributed by atoms with van der Waals surface area (Å²) in [5, 5.41) is 6.13. The first-order valence-electron chi connectivity index (χ1n) is 19.0. The predicted octanol–water partition coefficient (Wildman–Crippen LogP) is 14.9. The van der Waals surface area contributed by atoms with Crippen LogP contribution in [-0.2, 0) is 5.41 Å². The predicted molar refractivity (Wildman–Crippen MR) is 235 cm³/mol. The SMILES string of the molecule is CC1(C)c2ccccc2-c2ccc(N(c3ccc(-c4ccccc4)cc3)c3cc4c(-c5ccccc5)nc5ccccc5c4c4c3sc3ccccc34)cc21. The van der Waals surface area contributed by atoms with E-state index in [-0.39, 0.29) is 5.41 Å². The highest BCUT2D eigenvalue weighted by Gasteiger charge is 2.36. The lowest BCUT2D eigenvalue weighted by atomic mass is 9.82. The number of hydrogen-bond donors (Lipinski definition) is 0. The Morgan fingerprint density at radius 1 is 0.473 bits per heavy atom. The summed E-state index contributed by atoms with van der Waals surface area (Å²) in [7, 11) is 0. The molecule has 0 spiro atoms. The largest absolute Gasteiger partial charge is 0.309 e. The van der Waals surface area contributed by atoms with Crippen LogP contribution in [0, 0.1) is 0 Å². The van der Waals surface area contributed by atoms with E-state index in [1.54, 1.807) is 0 Å². The van der Waals surface area contributed by atoms with Crippen LogP contribution < -0.4 is 4.90 Å². The van der Waals surface area contributed by atoms with Crippen LogP contribution in [-0.4, -0.2) is 4.98 Å². The van der Waals surface area contributed by atoms with Crippen molar-refractivity contribution in [1.82, 2.24) is 4.98 Å². The van der Waals surface area contributed by atoms with Gasteiger partial charge in [-0.05, 0) is 75.8 Å². The second kappa shape index (κ2) is 12.2. The molecule has 0 bridgehead atoms. The van der Waals surface area contributed by atoms with E-state index in [1.807, 2.05) is 11.3 Å². The lowest BCUT2D eigenvalue weighted by Crippen LogP contribution is -2.16. The summed E-state index contributed by atoms with van der Waals surface area (Å²) in [4.78, 5) is 7.91. The second-order valence-electron chi connectivity index (χ2n) is 15.1. The molecule has 8 aromatic carbocycles. The molecule has 0 unspecified atom stereocenters. The van der Waals surface area contributed by atoms with Gasteiger partial charge in [-0.3, -0.25) is 0 Å². The Morgan fingerprint density at radius 3 is 1.89 bits per heavy atom. The zero-order chi connectivity index (χ0) is 36.7. The minimum atomic E-state index is -0.135. The van der Waals surface area contributed by atoms with Crippen molar-refractivity contribution < 1.29 is 0 Å². The van der Waals surface area contributed by atoms with E-state index >= 15 is 0 Å². The molecule has 0 amide bonds. The molecule has 1 aliphatic carbocycles. The number of para-hydroxylation sites is 1. The molecule has 0 saturated heterocycles. The third kappa shape index (κ3) is 4.90. The molecule has 0 atom stereocenters. The van der Waals surface area contributed by atoms with Gasteiger partial charge in [0.15, 0.2) is 0 Å². The first-order valence-corrected chi connectivity index (χ1v) is 19.8. The van der Waals surface area contributed by atoms with E-state index in [0.717, 1.165) is 39.2 Å². The first-order chi connectivity index (χ1) is 27.0. The highest BCUT2D eigenvalue weighted by atomic mass is 32.1. The van der Waals surface area contributed by atoms with Crippen molar-refractivity contribution in [2.45, 2.75) is 19.3 Å². The molecule has 11 rings (SSSR count). The molecular formula is C52H36N2S. The topological polar surface area (TPSA) is 16.1 Å². The second-order valence-corrected chi connectivity index (χ2v) is 16.2. The highest BCUT2D eigenvalue weighted by Crippen LogP contribution is 2.53. The maximum Gasteiger partial charge on any atom is 0.0789 e. The van der Waals surface area contributed by atoms with Gasteiger partial charge in [0.2, 0.25) is 0 Å². The number of nitrogens with zero attached hydrogens (tertiary/aromatic N) is 2. The number of anilines is 3. The van der Waals surface area contributed by atoms with Crippen LogP contribution in [0.1, 0.15) is 25.0 Å². The normalized spacial score (nSPS) is 13.1. The van der Waals surface area contributed by atoms with Gasteiger partial charge in [-0.1, -0.05) is 153 Å². The molecule has 0 fully saturated rings. The molecule has 0 N–H and O–H groups in total. The van der Waals surface area contributed by atoms with Gasteiger partial charge in [-0.25, -0.2) is 4.98 Å². The standard InChI is InChI=1S/C52H36N2S/c1-52(2)43-22-12-9-19-38(43)39-30-29-37(31-44(39)52)54(36-27-25-34(26-28-36)33-15-5-3-6-16-33)46-32-42-48(49-41-21-11-14-24-47(41)55-51(46)49)40-20-10-13-23-45(40)53-50(42)35-17-7-4-8-18-35/h3-32H,1-2H3. The average Bonchev–Trinajstić information content (AvgIpc) is 3.74. The summed E-state index contributed by atoms with van der Waals surface area (Å²) in [5.41, 5.74) is 14.2. The Morgan fingerprint density at radius 2 is 1.09 bits per heavy atom. The summed E-state index contributed by atoms with van der Waals surface area (Å²) >= 11 is 1.88. The quantitative estimate of drug-likeness (QED) is 0.165. The number of pyridine rings is 1. The molecule has 260 valence electrons. The molecule has 0 saturated carbocycles. The van der Waals surface area contributed by atoms with Crippen LogP contribution in [0.2, 0.25) is 0 Å². The van der Waals surface area contributed by atoms with Crippen LogP contribution in [0.3, 0.4) is 0 Å². The maximum atomic E-state index is 5.41. The van der Waals surface area contributed by atoms with Crippen LogP contribution in [0.5, 0.6) is 0 Å². The Labute approximate surface area is 324 Å². The molecule has 2 heterocycles. The molecule has 0 radical (unpaired) electrons. The van der Waals surface area contributed by atoms with Gasteiger partial charge in [-0.2, -0.15) is 0 Å². The highest BCUT2D eigenvalue weighted by molar-refractivity contribution is 7.26. The Hall–Kier alpha value is -6.55. The van der Waals surface area contributed by atoms with Crippen LogP contribution in [0.4, 0.5) is 17.1 Å². The first kappa shape index (κ1) is 31.9. The van der Waals surface area contributed by atoms with Crippen molar-refractivity contribution in [3.05, 3.63) is 193 Å². The van der Waals surface area contributed by atoms with Gasteiger partial charge in [0.1, 0.15) is 0 Å². The zero-order valence-electron chi connectivity index (χ0n) is 30.6. The van der Waals surface area contributed by atoms with Gasteiger partial charge < -0.3 is 4.90 Å². The summed E-state index contributed by atoms with van der Waals surface area (Å²) in [6.07, 6.45) is 0. The van der Waals surface area contributed by atoms with Crippen molar-refractivity contribution in [2.75, 3.05) is 4.90 Å². The monoisotopic (exact) mass is 720 g/mol. The molecule has 1 aliphatic rings. The van der Waals surface area contributed by atoms with E-state index in [0.29, 0.717) is 0 Å². The average molecular weight is 721 g/mol. The van der Waals surface area contributed by atoms with Crippen LogP contribution in [0.25, 0.3) is 75.4 Å². The summed E-state index contributed by atoms with van der Waals surface area (Å²) < 4.78 is 2.54. The lowest BCUT2D eigenvalue weighted by Gasteiger charge is -2.29. The molecule has 55 heavy (non-hydrogen) atoms. The number of rotatable bonds is 5. The lowest BCUT2D eigenvalue weighted by molar-refractivity contribution is 0.660. The minimum absolute atomic E-state index is 0.135. The fourth-order valence-corrected chi connectivity index (χ4v) is 10.2. The number of aromatic nitrogens is 1.